The lowest BCUT2D eigenvalue weighted by Crippen LogP contribution is -2.45. The van der Waals surface area contributed by atoms with Crippen LogP contribution in [-0.4, -0.2) is 42.8 Å². The van der Waals surface area contributed by atoms with Gasteiger partial charge < -0.3 is 15.2 Å². The minimum absolute atomic E-state index is 0.0246. The summed E-state index contributed by atoms with van der Waals surface area (Å²) in [5, 5.41) is 11.6. The second-order valence-electron chi connectivity index (χ2n) is 3.38. The summed E-state index contributed by atoms with van der Waals surface area (Å²) >= 11 is 5.41. The Balaban J connectivity index is 4.25. The molecule has 0 aliphatic carbocycles. The summed E-state index contributed by atoms with van der Waals surface area (Å²) in [4.78, 5) is 11.1. The van der Waals surface area contributed by atoms with Crippen molar-refractivity contribution in [2.75, 3.05) is 19.6 Å². The van der Waals surface area contributed by atoms with Crippen LogP contribution in [0.15, 0.2) is 0 Å². The molecule has 15 heavy (non-hydrogen) atoms. The van der Waals surface area contributed by atoms with Crippen LogP contribution in [0.2, 0.25) is 0 Å². The van der Waals surface area contributed by atoms with Gasteiger partial charge in [-0.25, -0.2) is 0 Å². The Bertz CT molecular complexity index is 178. The molecule has 0 rings (SSSR count). The number of ether oxygens (including phenoxy) is 1. The van der Waals surface area contributed by atoms with E-state index < -0.39 is 0 Å². The average Bonchev–Trinajstić information content (AvgIpc) is 2.25. The van der Waals surface area contributed by atoms with Gasteiger partial charge in [-0.1, -0.05) is 13.3 Å². The van der Waals surface area contributed by atoms with Crippen molar-refractivity contribution in [1.82, 2.24) is 5.32 Å². The standard InChI is InChI=1S/C10H20ClNO3/c1-3-4-9(15-2)8(5-6-13)12-10(14)7-11/h8-9,13H,3-7H2,1-2H3,(H,12,14). The highest BCUT2D eigenvalue weighted by molar-refractivity contribution is 6.27. The Morgan fingerprint density at radius 3 is 2.60 bits per heavy atom. The molecule has 90 valence electrons. The van der Waals surface area contributed by atoms with Gasteiger partial charge in [0.2, 0.25) is 5.91 Å². The lowest BCUT2D eigenvalue weighted by molar-refractivity contribution is -0.120. The van der Waals surface area contributed by atoms with Crippen LogP contribution < -0.4 is 5.32 Å². The zero-order chi connectivity index (χ0) is 11.7. The quantitative estimate of drug-likeness (QED) is 0.617. The van der Waals surface area contributed by atoms with Gasteiger partial charge in [-0.05, 0) is 12.8 Å². The fourth-order valence-electron chi connectivity index (χ4n) is 1.50. The van der Waals surface area contributed by atoms with Gasteiger partial charge in [0.25, 0.3) is 0 Å². The van der Waals surface area contributed by atoms with Gasteiger partial charge in [0.15, 0.2) is 0 Å². The van der Waals surface area contributed by atoms with E-state index in [0.717, 1.165) is 12.8 Å². The molecular weight excluding hydrogens is 218 g/mol. The predicted octanol–water partition coefficient (Wildman–Crippen LogP) is 0.907. The number of aliphatic hydroxyl groups is 1. The number of alkyl halides is 1. The first-order chi connectivity index (χ1) is 7.19. The first-order valence-corrected chi connectivity index (χ1v) is 5.72. The molecule has 0 aliphatic heterocycles. The summed E-state index contributed by atoms with van der Waals surface area (Å²) in [5.74, 6) is -0.293. The van der Waals surface area contributed by atoms with E-state index in [1.807, 2.05) is 6.92 Å². The van der Waals surface area contributed by atoms with Crippen molar-refractivity contribution in [3.8, 4) is 0 Å². The maximum Gasteiger partial charge on any atom is 0.235 e. The van der Waals surface area contributed by atoms with Crippen molar-refractivity contribution >= 4 is 17.5 Å². The number of halogens is 1. The van der Waals surface area contributed by atoms with Crippen molar-refractivity contribution in [1.29, 1.82) is 0 Å². The Morgan fingerprint density at radius 1 is 1.53 bits per heavy atom. The number of hydrogen-bond donors (Lipinski definition) is 2. The first-order valence-electron chi connectivity index (χ1n) is 5.18. The number of nitrogens with one attached hydrogen (secondary N) is 1. The van der Waals surface area contributed by atoms with Crippen molar-refractivity contribution in [3.05, 3.63) is 0 Å². The van der Waals surface area contributed by atoms with E-state index in [9.17, 15) is 4.79 Å². The van der Waals surface area contributed by atoms with Gasteiger partial charge in [0.05, 0.1) is 12.1 Å². The molecule has 0 fully saturated rings. The van der Waals surface area contributed by atoms with Gasteiger partial charge in [-0.2, -0.15) is 0 Å². The van der Waals surface area contributed by atoms with Gasteiger partial charge in [-0.3, -0.25) is 4.79 Å². The third-order valence-electron chi connectivity index (χ3n) is 2.23. The van der Waals surface area contributed by atoms with Gasteiger partial charge in [0.1, 0.15) is 5.88 Å². The maximum absolute atomic E-state index is 11.1. The molecular formula is C10H20ClNO3. The molecule has 0 radical (unpaired) electrons. The average molecular weight is 238 g/mol. The zero-order valence-corrected chi connectivity index (χ0v) is 10.1. The number of carbonyl (C=O) groups is 1. The number of rotatable bonds is 8. The lowest BCUT2D eigenvalue weighted by atomic mass is 10.0. The van der Waals surface area contributed by atoms with Crippen LogP contribution in [0, 0.1) is 0 Å². The van der Waals surface area contributed by atoms with Gasteiger partial charge in [0, 0.05) is 13.7 Å². The van der Waals surface area contributed by atoms with Crippen LogP contribution in [0.4, 0.5) is 0 Å². The fraction of sp³-hybridized carbons (Fsp3) is 0.900. The van der Waals surface area contributed by atoms with Crippen molar-refractivity contribution in [2.45, 2.75) is 38.3 Å². The Hall–Kier alpha value is -0.320. The fourth-order valence-corrected chi connectivity index (χ4v) is 1.58. The van der Waals surface area contributed by atoms with E-state index in [1.165, 1.54) is 0 Å². The van der Waals surface area contributed by atoms with Crippen molar-refractivity contribution in [3.63, 3.8) is 0 Å². The molecule has 0 spiro atoms. The molecule has 0 aliphatic rings. The minimum Gasteiger partial charge on any atom is -0.396 e. The normalized spacial score (nSPS) is 14.7. The highest BCUT2D eigenvalue weighted by Gasteiger charge is 2.21. The molecule has 0 heterocycles. The topological polar surface area (TPSA) is 58.6 Å². The summed E-state index contributed by atoms with van der Waals surface area (Å²) in [7, 11) is 1.61. The highest BCUT2D eigenvalue weighted by atomic mass is 35.5. The predicted molar refractivity (Wildman–Crippen MR) is 60.1 cm³/mol. The highest BCUT2D eigenvalue weighted by Crippen LogP contribution is 2.09. The summed E-state index contributed by atoms with van der Waals surface area (Å²) in [6.07, 6.45) is 2.25. The molecule has 0 bridgehead atoms. The maximum atomic E-state index is 11.1. The Morgan fingerprint density at radius 2 is 2.20 bits per heavy atom. The van der Waals surface area contributed by atoms with E-state index in [1.54, 1.807) is 7.11 Å². The van der Waals surface area contributed by atoms with E-state index in [2.05, 4.69) is 5.32 Å². The van der Waals surface area contributed by atoms with Crippen molar-refractivity contribution < 1.29 is 14.6 Å². The van der Waals surface area contributed by atoms with Crippen LogP contribution in [-0.2, 0) is 9.53 Å². The van der Waals surface area contributed by atoms with Crippen LogP contribution in [0.1, 0.15) is 26.2 Å². The molecule has 2 atom stereocenters. The van der Waals surface area contributed by atoms with E-state index in [4.69, 9.17) is 21.4 Å². The third kappa shape index (κ3) is 5.97. The number of carbonyl (C=O) groups excluding carboxylic acids is 1. The number of hydrogen-bond acceptors (Lipinski definition) is 3. The van der Waals surface area contributed by atoms with Crippen LogP contribution in [0.5, 0.6) is 0 Å². The van der Waals surface area contributed by atoms with E-state index in [0.29, 0.717) is 6.42 Å². The Kier molecular flexibility index (Phi) is 8.76. The second kappa shape index (κ2) is 8.95. The smallest absolute Gasteiger partial charge is 0.235 e. The molecule has 2 N–H and O–H groups in total. The molecule has 0 saturated carbocycles. The second-order valence-corrected chi connectivity index (χ2v) is 3.65. The number of aliphatic hydroxyl groups excluding tert-OH is 1. The van der Waals surface area contributed by atoms with Crippen LogP contribution in [0.3, 0.4) is 0 Å². The molecule has 2 unspecified atom stereocenters. The zero-order valence-electron chi connectivity index (χ0n) is 9.33. The number of amides is 1. The summed E-state index contributed by atoms with van der Waals surface area (Å²) < 4.78 is 5.28. The third-order valence-corrected chi connectivity index (χ3v) is 2.48. The SMILES string of the molecule is CCCC(OC)C(CCO)NC(=O)CCl. The van der Waals surface area contributed by atoms with Crippen LogP contribution >= 0.6 is 11.6 Å². The largest absolute Gasteiger partial charge is 0.396 e. The van der Waals surface area contributed by atoms with Gasteiger partial charge >= 0.3 is 0 Å². The molecule has 0 aromatic carbocycles. The lowest BCUT2D eigenvalue weighted by Gasteiger charge is -2.26. The summed E-state index contributed by atoms with van der Waals surface area (Å²) in [5.41, 5.74) is 0. The van der Waals surface area contributed by atoms with E-state index >= 15 is 0 Å². The monoisotopic (exact) mass is 237 g/mol. The van der Waals surface area contributed by atoms with Gasteiger partial charge in [-0.15, -0.1) is 11.6 Å². The van der Waals surface area contributed by atoms with Crippen molar-refractivity contribution in [2.24, 2.45) is 0 Å². The molecule has 0 aromatic heterocycles. The molecule has 0 saturated heterocycles. The first kappa shape index (κ1) is 14.7. The van der Waals surface area contributed by atoms with Crippen LogP contribution in [0.25, 0.3) is 0 Å². The summed E-state index contributed by atoms with van der Waals surface area (Å²) in [6, 6.07) is -0.161. The molecule has 4 nitrogen and oxygen atoms in total. The number of methoxy groups -OCH3 is 1. The minimum atomic E-state index is -0.228. The summed E-state index contributed by atoms with van der Waals surface area (Å²) in [6.45, 7) is 2.07. The molecule has 0 aromatic rings. The Labute approximate surface area is 95.9 Å². The molecule has 1 amide bonds. The molecule has 5 heteroatoms. The van der Waals surface area contributed by atoms with E-state index in [-0.39, 0.29) is 30.5 Å².